The first kappa shape index (κ1) is 90.8. The predicted molar refractivity (Wildman–Crippen MR) is 283 cm³/mol. The number of hydrogen-bond acceptors (Lipinski definition) is 6. The van der Waals surface area contributed by atoms with Crippen molar-refractivity contribution in [3.63, 3.8) is 0 Å². The van der Waals surface area contributed by atoms with Gasteiger partial charge in [0, 0.05) is 50.0 Å². The zero-order valence-corrected chi connectivity index (χ0v) is 46.3. The zero-order valence-electron chi connectivity index (χ0n) is 41.7. The molecule has 0 spiro atoms. The second kappa shape index (κ2) is 98.2. The summed E-state index contributed by atoms with van der Waals surface area (Å²) in [6.07, 6.45) is 36.8. The molecule has 0 amide bonds. The molecule has 14 heteroatoms. The lowest BCUT2D eigenvalue weighted by molar-refractivity contribution is 0.183. The molecule has 0 aromatic rings. The van der Waals surface area contributed by atoms with E-state index in [1.54, 1.807) is 18.2 Å². The Morgan fingerprint density at radius 3 is 0.623 bits per heavy atom. The first-order chi connectivity index (χ1) is 27.7. The molecular weight excluding hydrogens is 856 g/mol. The Morgan fingerprint density at radius 2 is 0.574 bits per heavy atom. The van der Waals surface area contributed by atoms with Crippen molar-refractivity contribution in [3.8, 4) is 12.1 Å². The van der Waals surface area contributed by atoms with Crippen molar-refractivity contribution in [3.05, 3.63) is 49.1 Å². The predicted octanol–water partition coefficient (Wildman–Crippen LogP) is 18.2. The Morgan fingerprint density at radius 1 is 0.443 bits per heavy atom. The Labute approximate surface area is 388 Å². The Balaban J connectivity index is -0.0000000442. The van der Waals surface area contributed by atoms with Gasteiger partial charge in [-0.05, 0) is 86.0 Å². The summed E-state index contributed by atoms with van der Waals surface area (Å²) < 4.78 is 20.4. The van der Waals surface area contributed by atoms with E-state index in [9.17, 15) is 0 Å². The molecule has 4 aliphatic rings. The molecule has 0 radical (unpaired) electrons. The van der Waals surface area contributed by atoms with Crippen molar-refractivity contribution in [1.82, 2.24) is 0 Å². The first-order valence-corrected chi connectivity index (χ1v) is 24.2. The van der Waals surface area contributed by atoms with Crippen LogP contribution in [0.4, 0.5) is 18.8 Å². The van der Waals surface area contributed by atoms with Gasteiger partial charge in [-0.3, -0.25) is 18.8 Å². The van der Waals surface area contributed by atoms with Crippen LogP contribution in [0.1, 0.15) is 218 Å². The standard InChI is InChI=1S/4C6H13OP.2C4H5N.C4H8.C3H6.4C2H6.4FH/c4*8-7-6-4-2-1-3-5-6;2*1-2-3-4-5;1-4(2)3;1-3-2;4*1-2;;;;/h4*6H,1-5,8H2;2*2-3H,1H3;1H2,2-3H3;3H,1H2,2H3;4*1-2H3;4*1H. The van der Waals surface area contributed by atoms with Crippen LogP contribution in [0.3, 0.4) is 0 Å². The van der Waals surface area contributed by atoms with E-state index in [0.717, 1.165) is 0 Å². The van der Waals surface area contributed by atoms with Crippen molar-refractivity contribution in [2.75, 3.05) is 0 Å². The molecule has 0 aliphatic heterocycles. The average molecular weight is 961 g/mol. The maximum Gasteiger partial charge on any atom is 0.0908 e. The summed E-state index contributed by atoms with van der Waals surface area (Å²) in [6.45, 7) is 32.4. The fraction of sp³-hybridized carbons (Fsp3) is 0.787. The van der Waals surface area contributed by atoms with E-state index in [4.69, 9.17) is 28.6 Å². The molecular formula is C47H104F4N2O4P4. The third kappa shape index (κ3) is 104. The van der Waals surface area contributed by atoms with E-state index in [1.165, 1.54) is 146 Å². The molecule has 0 aromatic carbocycles. The topological polar surface area (TPSA) is 84.5 Å². The van der Waals surface area contributed by atoms with Crippen LogP contribution >= 0.6 is 37.9 Å². The lowest BCUT2D eigenvalue weighted by Gasteiger charge is -2.18. The molecule has 0 heterocycles. The van der Waals surface area contributed by atoms with Gasteiger partial charge in [-0.2, -0.15) is 10.5 Å². The van der Waals surface area contributed by atoms with Gasteiger partial charge < -0.3 is 18.1 Å². The third-order valence-corrected chi connectivity index (χ3v) is 9.00. The zero-order chi connectivity index (χ0) is 45.8. The van der Waals surface area contributed by atoms with Crippen LogP contribution in [0.5, 0.6) is 0 Å². The quantitative estimate of drug-likeness (QED) is 0.121. The summed E-state index contributed by atoms with van der Waals surface area (Å²) in [5.41, 5.74) is 1.17. The molecule has 4 aliphatic carbocycles. The summed E-state index contributed by atoms with van der Waals surface area (Å²) in [4.78, 5) is 0. The fourth-order valence-corrected chi connectivity index (χ4v) is 6.04. The van der Waals surface area contributed by atoms with E-state index in [0.29, 0.717) is 24.4 Å². The highest BCUT2D eigenvalue weighted by Gasteiger charge is 2.13. The number of rotatable bonds is 4. The van der Waals surface area contributed by atoms with Crippen LogP contribution in [-0.2, 0) is 18.1 Å². The Hall–Kier alpha value is -0.780. The van der Waals surface area contributed by atoms with Crippen LogP contribution in [-0.4, -0.2) is 24.4 Å². The molecule has 0 N–H and O–H groups in total. The summed E-state index contributed by atoms with van der Waals surface area (Å²) >= 11 is 0. The van der Waals surface area contributed by atoms with Gasteiger partial charge in [-0.15, -0.1) is 13.2 Å². The van der Waals surface area contributed by atoms with E-state index >= 15 is 0 Å². The monoisotopic (exact) mass is 961 g/mol. The number of hydrogen-bond donors (Lipinski definition) is 0. The van der Waals surface area contributed by atoms with E-state index < -0.39 is 0 Å². The second-order valence-electron chi connectivity index (χ2n) is 12.5. The SMILES string of the molecule is C=C(C)C.C=CC.CC.CC.CC.CC.CC=CC#N.CC=CC#N.F.F.F.F.POC1CCCCC1.POC1CCCCC1.POC1CCCCC1.POC1CCCCC1. The highest BCUT2D eigenvalue weighted by atomic mass is 31.0. The summed E-state index contributed by atoms with van der Waals surface area (Å²) in [5.74, 6) is 0. The molecule has 0 saturated heterocycles. The molecule has 4 saturated carbocycles. The molecule has 0 bridgehead atoms. The van der Waals surface area contributed by atoms with Gasteiger partial charge in [0.1, 0.15) is 0 Å². The van der Waals surface area contributed by atoms with Crippen LogP contribution < -0.4 is 0 Å². The first-order valence-electron chi connectivity index (χ1n) is 22.3. The van der Waals surface area contributed by atoms with E-state index in [2.05, 4.69) is 51.0 Å². The maximum absolute atomic E-state index is 7.73. The number of allylic oxidation sites excluding steroid dienone is 6. The molecule has 4 atom stereocenters. The fourth-order valence-electron chi connectivity index (χ4n) is 4.95. The van der Waals surface area contributed by atoms with Gasteiger partial charge in [0.15, 0.2) is 0 Å². The van der Waals surface area contributed by atoms with Gasteiger partial charge in [-0.25, -0.2) is 0 Å². The molecule has 61 heavy (non-hydrogen) atoms. The molecule has 374 valence electrons. The van der Waals surface area contributed by atoms with E-state index in [-0.39, 0.29) is 18.8 Å². The normalized spacial score (nSPS) is 14.7. The Kier molecular flexibility index (Phi) is 146. The van der Waals surface area contributed by atoms with Gasteiger partial charge >= 0.3 is 0 Å². The van der Waals surface area contributed by atoms with Gasteiger partial charge in [0.2, 0.25) is 0 Å². The van der Waals surface area contributed by atoms with Crippen molar-refractivity contribution in [2.24, 2.45) is 0 Å². The Bertz CT molecular complexity index is 733. The van der Waals surface area contributed by atoms with Crippen molar-refractivity contribution in [1.29, 1.82) is 10.5 Å². The lowest BCUT2D eigenvalue weighted by atomic mass is 9.98. The van der Waals surface area contributed by atoms with Crippen molar-refractivity contribution < 1.29 is 36.9 Å². The average Bonchev–Trinajstić information content (AvgIpc) is 3.29. The lowest BCUT2D eigenvalue weighted by Crippen LogP contribution is -2.11. The van der Waals surface area contributed by atoms with Gasteiger partial charge in [0.05, 0.1) is 36.6 Å². The van der Waals surface area contributed by atoms with E-state index in [1.807, 2.05) is 102 Å². The van der Waals surface area contributed by atoms with Gasteiger partial charge in [0.25, 0.3) is 0 Å². The van der Waals surface area contributed by atoms with Crippen LogP contribution in [0.15, 0.2) is 49.1 Å². The minimum atomic E-state index is 0. The van der Waals surface area contributed by atoms with Gasteiger partial charge in [-0.1, -0.05) is 156 Å². The highest BCUT2D eigenvalue weighted by molar-refractivity contribution is 7.10. The summed E-state index contributed by atoms with van der Waals surface area (Å²) in [5, 5.41) is 15.5. The highest BCUT2D eigenvalue weighted by Crippen LogP contribution is 2.23. The number of halogens is 4. The van der Waals surface area contributed by atoms with Crippen molar-refractivity contribution >= 4 is 37.9 Å². The van der Waals surface area contributed by atoms with Crippen molar-refractivity contribution in [2.45, 2.75) is 243 Å². The number of nitriles is 2. The molecule has 4 unspecified atom stereocenters. The molecule has 6 nitrogen and oxygen atoms in total. The summed E-state index contributed by atoms with van der Waals surface area (Å²) in [7, 11) is 9.39. The van der Waals surface area contributed by atoms with Crippen LogP contribution in [0.25, 0.3) is 0 Å². The smallest absolute Gasteiger partial charge is 0.0908 e. The third-order valence-electron chi connectivity index (χ3n) is 7.46. The molecule has 4 fully saturated rings. The maximum atomic E-state index is 7.73. The number of nitrogens with zero attached hydrogens (tertiary/aromatic N) is 2. The van der Waals surface area contributed by atoms with Crippen LogP contribution in [0.2, 0.25) is 0 Å². The molecule has 0 aromatic heterocycles. The summed E-state index contributed by atoms with van der Waals surface area (Å²) in [6, 6.07) is 3.67. The minimum Gasteiger partial charge on any atom is -0.362 e. The van der Waals surface area contributed by atoms with Crippen LogP contribution in [0, 0.1) is 22.7 Å². The molecule has 4 rings (SSSR count). The minimum absolute atomic E-state index is 0. The largest absolute Gasteiger partial charge is 0.362 e. The second-order valence-corrected chi connectivity index (χ2v) is 13.5.